The maximum absolute atomic E-state index is 13.2. The van der Waals surface area contributed by atoms with Crippen molar-refractivity contribution in [1.82, 2.24) is 4.90 Å². The molecular formula is C26H32N2O3. The van der Waals surface area contributed by atoms with E-state index in [1.807, 2.05) is 47.4 Å². The number of rotatable bonds is 9. The minimum Gasteiger partial charge on any atom is -0.496 e. The van der Waals surface area contributed by atoms with Gasteiger partial charge in [0.15, 0.2) is 6.10 Å². The third-order valence-electron chi connectivity index (χ3n) is 6.39. The summed E-state index contributed by atoms with van der Waals surface area (Å²) in [5, 5.41) is 4.32. The zero-order chi connectivity index (χ0) is 21.5. The fraction of sp³-hybridized carbons (Fsp3) is 0.462. The lowest BCUT2D eigenvalue weighted by molar-refractivity contribution is -0.134. The quantitative estimate of drug-likeness (QED) is 0.561. The van der Waals surface area contributed by atoms with Gasteiger partial charge < -0.3 is 14.5 Å². The normalized spacial score (nSPS) is 18.5. The molecular weight excluding hydrogens is 388 g/mol. The molecule has 2 aromatic carbocycles. The second-order valence-electron chi connectivity index (χ2n) is 8.62. The molecule has 2 aromatic rings. The van der Waals surface area contributed by atoms with Gasteiger partial charge in [-0.05, 0) is 30.0 Å². The molecule has 1 aliphatic carbocycles. The second kappa shape index (κ2) is 10.5. The number of amides is 1. The Morgan fingerprint density at radius 3 is 2.61 bits per heavy atom. The van der Waals surface area contributed by atoms with Gasteiger partial charge in [0.05, 0.1) is 19.4 Å². The predicted octanol–water partition coefficient (Wildman–Crippen LogP) is 5.19. The first-order chi connectivity index (χ1) is 15.2. The fourth-order valence-electron chi connectivity index (χ4n) is 4.66. The number of ether oxygens (including phenoxy) is 1. The Balaban J connectivity index is 1.40. The van der Waals surface area contributed by atoms with Crippen LogP contribution in [0.4, 0.5) is 0 Å². The number of methoxy groups -OCH3 is 1. The van der Waals surface area contributed by atoms with Crippen molar-refractivity contribution in [2.45, 2.75) is 57.6 Å². The van der Waals surface area contributed by atoms with Crippen molar-refractivity contribution in [3.63, 3.8) is 0 Å². The number of hydrogen-bond acceptors (Lipinski definition) is 4. The molecule has 0 saturated heterocycles. The number of para-hydroxylation sites is 1. The molecule has 0 radical (unpaired) electrons. The molecule has 1 heterocycles. The Morgan fingerprint density at radius 2 is 1.84 bits per heavy atom. The van der Waals surface area contributed by atoms with Crippen LogP contribution in [-0.2, 0) is 16.2 Å². The third-order valence-corrected chi connectivity index (χ3v) is 6.39. The number of carbonyl (C=O) groups is 1. The van der Waals surface area contributed by atoms with Gasteiger partial charge in [0.2, 0.25) is 5.91 Å². The topological polar surface area (TPSA) is 51.1 Å². The summed E-state index contributed by atoms with van der Waals surface area (Å²) in [5.41, 5.74) is 2.97. The molecule has 164 valence electrons. The maximum Gasteiger partial charge on any atom is 0.223 e. The minimum absolute atomic E-state index is 0.140. The van der Waals surface area contributed by atoms with Gasteiger partial charge in [-0.25, -0.2) is 0 Å². The number of oxime groups is 1. The van der Waals surface area contributed by atoms with Crippen LogP contribution in [0, 0.1) is 5.92 Å². The lowest BCUT2D eigenvalue weighted by Gasteiger charge is -2.25. The Kier molecular flexibility index (Phi) is 7.23. The van der Waals surface area contributed by atoms with Crippen molar-refractivity contribution >= 4 is 11.6 Å². The van der Waals surface area contributed by atoms with E-state index < -0.39 is 0 Å². The molecule has 1 fully saturated rings. The standard InChI is InChI=1S/C26H32N2O3/c1-30-25-14-8-7-13-23(25)24-17-22(31-27-24)19-28(18-21-11-3-2-4-12-21)26(29)16-15-20-9-5-6-10-20/h2-4,7-8,11-14,20,22H,5-6,9-10,15-19H2,1H3. The first-order valence-electron chi connectivity index (χ1n) is 11.4. The average molecular weight is 421 g/mol. The van der Waals surface area contributed by atoms with Gasteiger partial charge in [-0.2, -0.15) is 0 Å². The molecule has 1 amide bonds. The number of nitrogens with zero attached hydrogens (tertiary/aromatic N) is 2. The molecule has 2 aliphatic rings. The molecule has 5 heteroatoms. The van der Waals surface area contributed by atoms with Gasteiger partial charge in [0, 0.05) is 24.9 Å². The first kappa shape index (κ1) is 21.4. The van der Waals surface area contributed by atoms with E-state index in [4.69, 9.17) is 9.57 Å². The van der Waals surface area contributed by atoms with Crippen LogP contribution in [0.1, 0.15) is 56.1 Å². The van der Waals surface area contributed by atoms with E-state index in [1.165, 1.54) is 25.7 Å². The van der Waals surface area contributed by atoms with Crippen LogP contribution in [0.2, 0.25) is 0 Å². The summed E-state index contributed by atoms with van der Waals surface area (Å²) in [4.78, 5) is 20.9. The van der Waals surface area contributed by atoms with Gasteiger partial charge in [-0.1, -0.05) is 73.3 Å². The Hall–Kier alpha value is -2.82. The predicted molar refractivity (Wildman–Crippen MR) is 122 cm³/mol. The zero-order valence-electron chi connectivity index (χ0n) is 18.3. The molecule has 1 saturated carbocycles. The van der Waals surface area contributed by atoms with E-state index in [2.05, 4.69) is 17.3 Å². The van der Waals surface area contributed by atoms with E-state index in [9.17, 15) is 4.79 Å². The second-order valence-corrected chi connectivity index (χ2v) is 8.62. The first-order valence-corrected chi connectivity index (χ1v) is 11.4. The van der Waals surface area contributed by atoms with Gasteiger partial charge >= 0.3 is 0 Å². The van der Waals surface area contributed by atoms with Crippen LogP contribution in [0.3, 0.4) is 0 Å². The van der Waals surface area contributed by atoms with E-state index >= 15 is 0 Å². The number of benzene rings is 2. The average Bonchev–Trinajstić information content (AvgIpc) is 3.50. The summed E-state index contributed by atoms with van der Waals surface area (Å²) in [6, 6.07) is 18.0. The maximum atomic E-state index is 13.2. The van der Waals surface area contributed by atoms with Crippen molar-refractivity contribution in [3.8, 4) is 5.75 Å². The Labute approximate surface area is 185 Å². The van der Waals surface area contributed by atoms with Crippen LogP contribution in [0.15, 0.2) is 59.8 Å². The number of carbonyl (C=O) groups excluding carboxylic acids is 1. The lowest BCUT2D eigenvalue weighted by Crippen LogP contribution is -2.37. The van der Waals surface area contributed by atoms with Gasteiger partial charge in [-0.15, -0.1) is 0 Å². The molecule has 1 unspecified atom stereocenters. The molecule has 0 aromatic heterocycles. The molecule has 1 aliphatic heterocycles. The monoisotopic (exact) mass is 420 g/mol. The summed E-state index contributed by atoms with van der Waals surface area (Å²) >= 11 is 0. The summed E-state index contributed by atoms with van der Waals surface area (Å²) in [5.74, 6) is 1.72. The van der Waals surface area contributed by atoms with Crippen molar-refractivity contribution in [2.24, 2.45) is 11.1 Å². The highest BCUT2D eigenvalue weighted by atomic mass is 16.6. The number of hydrogen-bond donors (Lipinski definition) is 0. The zero-order valence-corrected chi connectivity index (χ0v) is 18.3. The molecule has 0 N–H and O–H groups in total. The molecule has 0 spiro atoms. The van der Waals surface area contributed by atoms with E-state index in [-0.39, 0.29) is 12.0 Å². The highest BCUT2D eigenvalue weighted by molar-refractivity contribution is 6.03. The SMILES string of the molecule is COc1ccccc1C1=NOC(CN(Cc2ccccc2)C(=O)CCC2CCCC2)C1. The van der Waals surface area contributed by atoms with E-state index in [0.717, 1.165) is 29.0 Å². The van der Waals surface area contributed by atoms with Gasteiger partial charge in [0.25, 0.3) is 0 Å². The van der Waals surface area contributed by atoms with Crippen molar-refractivity contribution in [3.05, 3.63) is 65.7 Å². The van der Waals surface area contributed by atoms with Crippen molar-refractivity contribution < 1.29 is 14.4 Å². The molecule has 0 bridgehead atoms. The summed E-state index contributed by atoms with van der Waals surface area (Å²) < 4.78 is 5.47. The Morgan fingerprint density at radius 1 is 1.10 bits per heavy atom. The lowest BCUT2D eigenvalue weighted by atomic mass is 10.0. The minimum atomic E-state index is -0.140. The summed E-state index contributed by atoms with van der Waals surface area (Å²) in [6.45, 7) is 1.15. The molecule has 31 heavy (non-hydrogen) atoms. The van der Waals surface area contributed by atoms with Gasteiger partial charge in [0.1, 0.15) is 5.75 Å². The molecule has 4 rings (SSSR count). The van der Waals surface area contributed by atoms with Crippen LogP contribution >= 0.6 is 0 Å². The van der Waals surface area contributed by atoms with Crippen LogP contribution in [0.5, 0.6) is 5.75 Å². The molecule has 1 atom stereocenters. The van der Waals surface area contributed by atoms with E-state index in [1.54, 1.807) is 7.11 Å². The van der Waals surface area contributed by atoms with Crippen LogP contribution < -0.4 is 4.74 Å². The van der Waals surface area contributed by atoms with Crippen molar-refractivity contribution in [1.29, 1.82) is 0 Å². The van der Waals surface area contributed by atoms with Gasteiger partial charge in [-0.3, -0.25) is 4.79 Å². The smallest absolute Gasteiger partial charge is 0.223 e. The van der Waals surface area contributed by atoms with E-state index in [0.29, 0.717) is 31.8 Å². The fourth-order valence-corrected chi connectivity index (χ4v) is 4.66. The summed E-state index contributed by atoms with van der Waals surface area (Å²) in [6.07, 6.45) is 7.31. The largest absolute Gasteiger partial charge is 0.496 e. The third kappa shape index (κ3) is 5.66. The highest BCUT2D eigenvalue weighted by Crippen LogP contribution is 2.29. The highest BCUT2D eigenvalue weighted by Gasteiger charge is 2.28. The van der Waals surface area contributed by atoms with Crippen LogP contribution in [-0.4, -0.2) is 36.3 Å². The molecule has 5 nitrogen and oxygen atoms in total. The van der Waals surface area contributed by atoms with Crippen molar-refractivity contribution in [2.75, 3.05) is 13.7 Å². The summed E-state index contributed by atoms with van der Waals surface area (Å²) in [7, 11) is 1.66. The Bertz CT molecular complexity index is 891. The van der Waals surface area contributed by atoms with Crippen LogP contribution in [0.25, 0.3) is 0 Å².